The number of fused-ring (bicyclic) bond motifs is 7. The molecular formula is C43H37N3O4S2. The number of benzene rings is 5. The summed E-state index contributed by atoms with van der Waals surface area (Å²) < 4.78 is 48.0. The molecule has 0 saturated carbocycles. The molecule has 9 heteroatoms. The van der Waals surface area contributed by atoms with Gasteiger partial charge < -0.3 is 18.4 Å². The van der Waals surface area contributed by atoms with E-state index in [4.69, 9.17) is 4.42 Å². The normalized spacial score (nSPS) is 17.6. The SMILES string of the molecule is CC[n+]1c(/C=C2C=C(/C=C3\Sc4ccc5c(ccc6ccccc65)c4N3CS(=O)(=O)[O-])CC(C)(C)C/2)oc2ccc(-n3ccc4ccccc43)cc21. The minimum absolute atomic E-state index is 0.0597. The Morgan fingerprint density at radius 3 is 2.50 bits per heavy atom. The average molecular weight is 724 g/mol. The molecule has 1 aliphatic carbocycles. The number of rotatable bonds is 6. The summed E-state index contributed by atoms with van der Waals surface area (Å²) in [7, 11) is -4.58. The zero-order chi connectivity index (χ0) is 35.8. The third-order valence-electron chi connectivity index (χ3n) is 10.2. The molecule has 260 valence electrons. The third-order valence-corrected chi connectivity index (χ3v) is 11.8. The van der Waals surface area contributed by atoms with Crippen LogP contribution >= 0.6 is 11.8 Å². The second-order valence-electron chi connectivity index (χ2n) is 14.5. The molecule has 5 aromatic carbocycles. The molecule has 52 heavy (non-hydrogen) atoms. The molecule has 9 rings (SSSR count). The van der Waals surface area contributed by atoms with E-state index in [0.29, 0.717) is 0 Å². The first-order chi connectivity index (χ1) is 25.0. The molecule has 2 aliphatic rings. The molecule has 7 nitrogen and oxygen atoms in total. The van der Waals surface area contributed by atoms with Crippen LogP contribution in [0.2, 0.25) is 0 Å². The van der Waals surface area contributed by atoms with E-state index in [-0.39, 0.29) is 5.41 Å². The molecule has 0 N–H and O–H groups in total. The summed E-state index contributed by atoms with van der Waals surface area (Å²) >= 11 is 1.51. The highest BCUT2D eigenvalue weighted by atomic mass is 32.2. The van der Waals surface area contributed by atoms with Gasteiger partial charge in [0.15, 0.2) is 0 Å². The number of allylic oxidation sites excluding steroid dienone is 4. The van der Waals surface area contributed by atoms with E-state index >= 15 is 0 Å². The van der Waals surface area contributed by atoms with E-state index in [1.54, 1.807) is 4.90 Å². The maximum atomic E-state index is 12.3. The van der Waals surface area contributed by atoms with Crippen molar-refractivity contribution in [2.45, 2.75) is 45.1 Å². The van der Waals surface area contributed by atoms with Crippen molar-refractivity contribution in [3.63, 3.8) is 0 Å². The Hall–Kier alpha value is -5.09. The maximum Gasteiger partial charge on any atom is 0.374 e. The molecule has 0 saturated heterocycles. The van der Waals surface area contributed by atoms with Crippen LogP contribution in [0.1, 0.15) is 39.5 Å². The van der Waals surface area contributed by atoms with Gasteiger partial charge in [-0.25, -0.2) is 8.42 Å². The molecule has 0 amide bonds. The van der Waals surface area contributed by atoms with Gasteiger partial charge >= 0.3 is 5.89 Å². The number of nitrogens with zero attached hydrogens (tertiary/aromatic N) is 3. The van der Waals surface area contributed by atoms with Crippen molar-refractivity contribution in [1.82, 2.24) is 4.57 Å². The fourth-order valence-electron chi connectivity index (χ4n) is 8.08. The molecule has 3 heterocycles. The number of oxazole rings is 1. The van der Waals surface area contributed by atoms with Crippen molar-refractivity contribution in [2.75, 3.05) is 10.8 Å². The molecule has 7 aromatic rings. The van der Waals surface area contributed by atoms with Gasteiger partial charge in [-0.2, -0.15) is 4.57 Å². The Morgan fingerprint density at radius 2 is 1.67 bits per heavy atom. The number of anilines is 1. The van der Waals surface area contributed by atoms with E-state index < -0.39 is 16.0 Å². The highest BCUT2D eigenvalue weighted by Gasteiger charge is 2.32. The lowest BCUT2D eigenvalue weighted by atomic mass is 9.75. The van der Waals surface area contributed by atoms with Gasteiger partial charge in [0, 0.05) is 22.5 Å². The first-order valence-electron chi connectivity index (χ1n) is 17.5. The van der Waals surface area contributed by atoms with Gasteiger partial charge in [-0.1, -0.05) is 92.3 Å². The molecule has 0 unspecified atom stereocenters. The van der Waals surface area contributed by atoms with Crippen molar-refractivity contribution in [1.29, 1.82) is 0 Å². The van der Waals surface area contributed by atoms with E-state index in [9.17, 15) is 13.0 Å². The van der Waals surface area contributed by atoms with Crippen LogP contribution < -0.4 is 9.47 Å². The van der Waals surface area contributed by atoms with Crippen LogP contribution in [0.3, 0.4) is 0 Å². The number of hydrogen-bond acceptors (Lipinski definition) is 6. The zero-order valence-electron chi connectivity index (χ0n) is 29.2. The fourth-order valence-corrected chi connectivity index (χ4v) is 9.90. The van der Waals surface area contributed by atoms with Crippen LogP contribution in [0.5, 0.6) is 0 Å². The number of para-hydroxylation sites is 1. The first kappa shape index (κ1) is 32.8. The summed E-state index contributed by atoms with van der Waals surface area (Å²) in [6.07, 6.45) is 10.2. The molecule has 0 fully saturated rings. The summed E-state index contributed by atoms with van der Waals surface area (Å²) in [6, 6.07) is 33.2. The smallest absolute Gasteiger partial charge is 0.374 e. The van der Waals surface area contributed by atoms with Gasteiger partial charge in [-0.3, -0.25) is 0 Å². The predicted molar refractivity (Wildman–Crippen MR) is 210 cm³/mol. The Labute approximate surface area is 306 Å². The molecule has 0 radical (unpaired) electrons. The number of aromatic nitrogens is 2. The Bertz CT molecular complexity index is 2800. The Morgan fingerprint density at radius 1 is 0.885 bits per heavy atom. The lowest BCUT2D eigenvalue weighted by Gasteiger charge is -2.31. The van der Waals surface area contributed by atoms with Crippen LogP contribution in [0.15, 0.2) is 141 Å². The maximum absolute atomic E-state index is 12.3. The Kier molecular flexibility index (Phi) is 7.73. The molecule has 2 aromatic heterocycles. The second kappa shape index (κ2) is 12.3. The molecule has 0 atom stereocenters. The fraction of sp³-hybridized carbons (Fsp3) is 0.186. The van der Waals surface area contributed by atoms with Crippen LogP contribution in [0.25, 0.3) is 55.3 Å². The van der Waals surface area contributed by atoms with Gasteiger partial charge in [-0.05, 0) is 94.3 Å². The van der Waals surface area contributed by atoms with E-state index in [2.05, 4.69) is 121 Å². The lowest BCUT2D eigenvalue weighted by molar-refractivity contribution is -0.674. The minimum atomic E-state index is -4.58. The first-order valence-corrected chi connectivity index (χ1v) is 19.9. The lowest BCUT2D eigenvalue weighted by Crippen LogP contribution is -2.34. The number of hydrogen-bond donors (Lipinski definition) is 0. The molecule has 1 aliphatic heterocycles. The quantitative estimate of drug-likeness (QED) is 0.0965. The number of aryl methyl sites for hydroxylation is 1. The summed E-state index contributed by atoms with van der Waals surface area (Å²) in [4.78, 5) is 2.63. The topological polar surface area (TPSA) is 82.4 Å². The summed E-state index contributed by atoms with van der Waals surface area (Å²) in [5.74, 6) is 0.142. The van der Waals surface area contributed by atoms with Crippen LogP contribution in [-0.4, -0.2) is 23.4 Å². The van der Waals surface area contributed by atoms with E-state index in [1.807, 2.05) is 30.3 Å². The van der Waals surface area contributed by atoms with Gasteiger partial charge in [-0.15, -0.1) is 0 Å². The van der Waals surface area contributed by atoms with Gasteiger partial charge in [0.05, 0.1) is 28.0 Å². The molecule has 0 spiro atoms. The molecular weight excluding hydrogens is 687 g/mol. The van der Waals surface area contributed by atoms with Crippen LogP contribution in [0, 0.1) is 5.41 Å². The predicted octanol–water partition coefficient (Wildman–Crippen LogP) is 10.1. The van der Waals surface area contributed by atoms with Gasteiger partial charge in [0.25, 0.3) is 5.52 Å². The van der Waals surface area contributed by atoms with Crippen molar-refractivity contribution in [3.05, 3.63) is 137 Å². The van der Waals surface area contributed by atoms with Crippen molar-refractivity contribution >= 4 is 77.2 Å². The van der Waals surface area contributed by atoms with Crippen molar-refractivity contribution < 1.29 is 22.0 Å². The standard InChI is InChI=1S/C43H37N3O4S2/c1-4-44-37-24-32(45-20-19-31-10-6-8-12-36(31)45)14-17-38(37)50-40(44)22-28-21-29(26-43(2,3)25-28)23-41-46(27-52(47,48)49)42-35-15-13-30-9-5-7-11-33(30)34(35)16-18-39(42)51-41/h5-24H,4,25-27H2,1-3H3. The third kappa shape index (κ3) is 5.83. The monoisotopic (exact) mass is 723 g/mol. The average Bonchev–Trinajstić information content (AvgIpc) is 3.79. The van der Waals surface area contributed by atoms with Crippen molar-refractivity contribution in [3.8, 4) is 5.69 Å². The summed E-state index contributed by atoms with van der Waals surface area (Å²) in [6.45, 7) is 7.37. The van der Waals surface area contributed by atoms with E-state index in [0.717, 1.165) is 95.9 Å². The summed E-state index contributed by atoms with van der Waals surface area (Å²) in [5, 5.41) is 6.08. The number of thioether (sulfide) groups is 1. The van der Waals surface area contributed by atoms with Gasteiger partial charge in [0.1, 0.15) is 22.5 Å². The largest absolute Gasteiger partial charge is 0.747 e. The second-order valence-corrected chi connectivity index (χ2v) is 17.0. The zero-order valence-corrected chi connectivity index (χ0v) is 30.8. The van der Waals surface area contributed by atoms with Gasteiger partial charge in [0.2, 0.25) is 5.58 Å². The summed E-state index contributed by atoms with van der Waals surface area (Å²) in [5.41, 5.74) is 6.99. The Balaban J connectivity index is 1.12. The van der Waals surface area contributed by atoms with Crippen molar-refractivity contribution in [2.24, 2.45) is 5.41 Å². The minimum Gasteiger partial charge on any atom is -0.747 e. The highest BCUT2D eigenvalue weighted by molar-refractivity contribution is 8.03. The highest BCUT2D eigenvalue weighted by Crippen LogP contribution is 2.51. The van der Waals surface area contributed by atoms with Crippen LogP contribution in [-0.2, 0) is 16.7 Å². The van der Waals surface area contributed by atoms with E-state index in [1.165, 1.54) is 17.1 Å². The van der Waals surface area contributed by atoms with Crippen LogP contribution in [0.4, 0.5) is 5.69 Å². The molecule has 0 bridgehead atoms.